The van der Waals surface area contributed by atoms with Gasteiger partial charge in [-0.25, -0.2) is 8.78 Å². The van der Waals surface area contributed by atoms with Crippen LogP contribution in [0.5, 0.6) is 0 Å². The van der Waals surface area contributed by atoms with Gasteiger partial charge in [0.2, 0.25) is 10.3 Å². The van der Waals surface area contributed by atoms with Crippen LogP contribution in [0.3, 0.4) is 0 Å². The van der Waals surface area contributed by atoms with Crippen LogP contribution in [0.4, 0.5) is 19.0 Å². The summed E-state index contributed by atoms with van der Waals surface area (Å²) in [6.45, 7) is 5.07. The van der Waals surface area contributed by atoms with Crippen LogP contribution < -0.4 is 9.80 Å². The summed E-state index contributed by atoms with van der Waals surface area (Å²) in [5.41, 5.74) is 0. The van der Waals surface area contributed by atoms with Gasteiger partial charge in [0.15, 0.2) is 0 Å². The maximum Gasteiger partial charge on any atom is 0.265 e. The van der Waals surface area contributed by atoms with Gasteiger partial charge in [0, 0.05) is 38.9 Å². The SMILES string of the molecule is C[N+]1(C2CCCN(c3nnc(N4CCCC(F)(F)C4)s3)CC2)CCCCC1. The molecule has 5 nitrogen and oxygen atoms in total. The Bertz CT molecular complexity index is 631. The Morgan fingerprint density at radius 3 is 2.37 bits per heavy atom. The summed E-state index contributed by atoms with van der Waals surface area (Å²) < 4.78 is 28.7. The Hall–Kier alpha value is -1.02. The number of likely N-dealkylation sites (tertiary alicyclic amines) is 1. The molecule has 0 amide bonds. The smallest absolute Gasteiger partial charge is 0.265 e. The lowest BCUT2D eigenvalue weighted by molar-refractivity contribution is -0.938. The van der Waals surface area contributed by atoms with Crippen LogP contribution in [0.1, 0.15) is 51.4 Å². The largest absolute Gasteiger partial charge is 0.346 e. The van der Waals surface area contributed by atoms with Crippen molar-refractivity contribution in [2.75, 3.05) is 56.1 Å². The predicted molar refractivity (Wildman–Crippen MR) is 106 cm³/mol. The Kier molecular flexibility index (Phi) is 5.56. The number of aromatic nitrogens is 2. The third kappa shape index (κ3) is 4.36. The molecule has 0 spiro atoms. The Labute approximate surface area is 164 Å². The zero-order valence-electron chi connectivity index (χ0n) is 16.4. The Morgan fingerprint density at radius 1 is 0.926 bits per heavy atom. The zero-order chi connectivity index (χ0) is 18.9. The maximum atomic E-state index is 13.7. The molecular formula is C19H32F2N5S+. The van der Waals surface area contributed by atoms with E-state index >= 15 is 0 Å². The number of rotatable bonds is 3. The van der Waals surface area contributed by atoms with Crippen LogP contribution in [0.15, 0.2) is 0 Å². The van der Waals surface area contributed by atoms with Crippen LogP contribution in [0.25, 0.3) is 0 Å². The molecule has 27 heavy (non-hydrogen) atoms. The van der Waals surface area contributed by atoms with Crippen molar-refractivity contribution in [2.45, 2.75) is 63.3 Å². The van der Waals surface area contributed by atoms with Crippen LogP contribution in [-0.4, -0.2) is 73.0 Å². The van der Waals surface area contributed by atoms with Crippen LogP contribution >= 0.6 is 11.3 Å². The molecule has 3 fully saturated rings. The van der Waals surface area contributed by atoms with E-state index in [1.54, 1.807) is 4.90 Å². The van der Waals surface area contributed by atoms with E-state index in [1.807, 2.05) is 0 Å². The van der Waals surface area contributed by atoms with Crippen molar-refractivity contribution >= 4 is 21.6 Å². The average Bonchev–Trinajstić information content (AvgIpc) is 2.99. The van der Waals surface area contributed by atoms with Gasteiger partial charge in [-0.3, -0.25) is 0 Å². The average molecular weight is 401 g/mol. The van der Waals surface area contributed by atoms with E-state index in [0.717, 1.165) is 24.3 Å². The molecule has 4 heterocycles. The van der Waals surface area contributed by atoms with Crippen molar-refractivity contribution in [1.29, 1.82) is 0 Å². The van der Waals surface area contributed by atoms with Gasteiger partial charge in [-0.1, -0.05) is 11.3 Å². The highest BCUT2D eigenvalue weighted by molar-refractivity contribution is 7.19. The van der Waals surface area contributed by atoms with Crippen molar-refractivity contribution in [1.82, 2.24) is 10.2 Å². The van der Waals surface area contributed by atoms with Gasteiger partial charge >= 0.3 is 0 Å². The fraction of sp³-hybridized carbons (Fsp3) is 0.895. The number of halogens is 2. The molecule has 3 aliphatic heterocycles. The first kappa shape index (κ1) is 19.3. The Balaban J connectivity index is 1.39. The molecule has 0 saturated carbocycles. The summed E-state index contributed by atoms with van der Waals surface area (Å²) in [6, 6.07) is 0.739. The summed E-state index contributed by atoms with van der Waals surface area (Å²) in [5.74, 6) is -2.60. The second-order valence-electron chi connectivity index (χ2n) is 8.81. The fourth-order valence-corrected chi connectivity index (χ4v) is 6.01. The third-order valence-corrected chi connectivity index (χ3v) is 7.80. The van der Waals surface area contributed by atoms with E-state index < -0.39 is 5.92 Å². The minimum atomic E-state index is -2.60. The first-order valence-corrected chi connectivity index (χ1v) is 11.3. The van der Waals surface area contributed by atoms with Crippen molar-refractivity contribution in [3.8, 4) is 0 Å². The Morgan fingerprint density at radius 2 is 1.63 bits per heavy atom. The normalized spacial score (nSPS) is 28.8. The monoisotopic (exact) mass is 400 g/mol. The van der Waals surface area contributed by atoms with Crippen LogP contribution in [-0.2, 0) is 0 Å². The van der Waals surface area contributed by atoms with Crippen LogP contribution in [0, 0.1) is 0 Å². The first-order valence-electron chi connectivity index (χ1n) is 10.5. The van der Waals surface area contributed by atoms with Crippen molar-refractivity contribution in [3.63, 3.8) is 0 Å². The molecule has 0 aromatic carbocycles. The van der Waals surface area contributed by atoms with Gasteiger partial charge in [0.05, 0.1) is 32.7 Å². The standard InChI is InChI=1S/C19H32F2N5S/c1-26(13-3-2-4-14-26)16-7-5-10-24(12-8-16)17-22-23-18(27-17)25-11-6-9-19(20,21)15-25/h16H,2-15H2,1H3/q+1. The second kappa shape index (κ2) is 7.78. The van der Waals surface area contributed by atoms with E-state index in [-0.39, 0.29) is 13.0 Å². The molecule has 1 aromatic rings. The topological polar surface area (TPSA) is 32.3 Å². The lowest BCUT2D eigenvalue weighted by Gasteiger charge is -2.44. The lowest BCUT2D eigenvalue weighted by atomic mass is 9.99. The number of hydrogen-bond donors (Lipinski definition) is 0. The van der Waals surface area contributed by atoms with Gasteiger partial charge in [-0.05, 0) is 32.1 Å². The molecule has 1 atom stereocenters. The maximum absolute atomic E-state index is 13.7. The quantitative estimate of drug-likeness (QED) is 0.723. The van der Waals surface area contributed by atoms with E-state index in [4.69, 9.17) is 0 Å². The van der Waals surface area contributed by atoms with E-state index in [9.17, 15) is 8.78 Å². The number of nitrogens with zero attached hydrogens (tertiary/aromatic N) is 5. The third-order valence-electron chi connectivity index (χ3n) is 6.75. The van der Waals surface area contributed by atoms with Gasteiger partial charge in [-0.15, -0.1) is 10.2 Å². The van der Waals surface area contributed by atoms with Gasteiger partial charge in [0.1, 0.15) is 0 Å². The minimum absolute atomic E-state index is 0.0142. The van der Waals surface area contributed by atoms with Gasteiger partial charge in [0.25, 0.3) is 5.92 Å². The number of quaternary nitrogens is 1. The number of alkyl halides is 2. The fourth-order valence-electron chi connectivity index (χ4n) is 5.09. The number of anilines is 2. The molecule has 0 aliphatic carbocycles. The highest BCUT2D eigenvalue weighted by atomic mass is 32.1. The molecule has 0 radical (unpaired) electrons. The zero-order valence-corrected chi connectivity index (χ0v) is 17.2. The lowest BCUT2D eigenvalue weighted by Crippen LogP contribution is -2.55. The van der Waals surface area contributed by atoms with Gasteiger partial charge in [-0.2, -0.15) is 0 Å². The molecule has 152 valence electrons. The molecule has 0 bridgehead atoms. The van der Waals surface area contributed by atoms with E-state index in [2.05, 4.69) is 22.1 Å². The highest BCUT2D eigenvalue weighted by Gasteiger charge is 2.37. The summed E-state index contributed by atoms with van der Waals surface area (Å²) in [6.07, 6.45) is 8.24. The molecule has 0 N–H and O–H groups in total. The first-order chi connectivity index (χ1) is 13.0. The molecule has 3 saturated heterocycles. The highest BCUT2D eigenvalue weighted by Crippen LogP contribution is 2.35. The number of piperidine rings is 2. The second-order valence-corrected chi connectivity index (χ2v) is 9.74. The van der Waals surface area contributed by atoms with Gasteiger partial charge < -0.3 is 14.3 Å². The van der Waals surface area contributed by atoms with Crippen molar-refractivity contribution in [2.24, 2.45) is 0 Å². The molecule has 1 aromatic heterocycles. The van der Waals surface area contributed by atoms with Crippen molar-refractivity contribution < 1.29 is 13.3 Å². The molecule has 8 heteroatoms. The summed E-state index contributed by atoms with van der Waals surface area (Å²) in [4.78, 5) is 4.05. The molecule has 3 aliphatic rings. The summed E-state index contributed by atoms with van der Waals surface area (Å²) >= 11 is 1.48. The summed E-state index contributed by atoms with van der Waals surface area (Å²) in [7, 11) is 2.44. The van der Waals surface area contributed by atoms with Crippen molar-refractivity contribution in [3.05, 3.63) is 0 Å². The predicted octanol–water partition coefficient (Wildman–Crippen LogP) is 3.76. The molecule has 1 unspecified atom stereocenters. The van der Waals surface area contributed by atoms with E-state index in [1.165, 1.54) is 67.4 Å². The molecular weight excluding hydrogens is 368 g/mol. The summed E-state index contributed by atoms with van der Waals surface area (Å²) in [5, 5.41) is 10.2. The molecule has 4 rings (SSSR count). The van der Waals surface area contributed by atoms with Crippen LogP contribution in [0.2, 0.25) is 0 Å². The minimum Gasteiger partial charge on any atom is -0.346 e. The number of hydrogen-bond acceptors (Lipinski definition) is 5. The van der Waals surface area contributed by atoms with E-state index in [0.29, 0.717) is 18.1 Å².